The van der Waals surface area contributed by atoms with Crippen molar-refractivity contribution in [2.75, 3.05) is 0 Å². The Kier molecular flexibility index (Phi) is 3.40. The van der Waals surface area contributed by atoms with Gasteiger partial charge in [-0.25, -0.2) is 0 Å². The molecule has 1 N–H and O–H groups in total. The van der Waals surface area contributed by atoms with Crippen molar-refractivity contribution in [3.05, 3.63) is 34.4 Å². The molecule has 0 aliphatic rings. The lowest BCUT2D eigenvalue weighted by Gasteiger charge is -1.98. The Balaban J connectivity index is 2.23. The van der Waals surface area contributed by atoms with E-state index < -0.39 is 0 Å². The SMILES string of the molecule is CC(=O)c1n[nH]nc1Sc1ccc(Br)cc1. The summed E-state index contributed by atoms with van der Waals surface area (Å²) in [5.74, 6) is -0.0895. The van der Waals surface area contributed by atoms with E-state index in [2.05, 4.69) is 31.3 Å². The second-order valence-electron chi connectivity index (χ2n) is 3.09. The number of aromatic amines is 1. The maximum atomic E-state index is 11.2. The Labute approximate surface area is 105 Å². The van der Waals surface area contributed by atoms with E-state index in [1.54, 1.807) is 0 Å². The number of nitrogens with zero attached hydrogens (tertiary/aromatic N) is 2. The summed E-state index contributed by atoms with van der Waals surface area (Å²) in [5, 5.41) is 10.8. The Morgan fingerprint density at radius 1 is 1.31 bits per heavy atom. The van der Waals surface area contributed by atoms with Gasteiger partial charge in [-0.15, -0.1) is 5.10 Å². The van der Waals surface area contributed by atoms with Crippen LogP contribution in [0.25, 0.3) is 0 Å². The Morgan fingerprint density at radius 3 is 2.62 bits per heavy atom. The predicted molar refractivity (Wildman–Crippen MR) is 64.7 cm³/mol. The van der Waals surface area contributed by atoms with Gasteiger partial charge in [0.05, 0.1) is 0 Å². The first-order chi connectivity index (χ1) is 7.66. The molecule has 1 aromatic carbocycles. The molecule has 6 heteroatoms. The molecule has 0 saturated heterocycles. The van der Waals surface area contributed by atoms with E-state index in [-0.39, 0.29) is 5.78 Å². The number of carbonyl (C=O) groups excluding carboxylic acids is 1. The number of carbonyl (C=O) groups is 1. The summed E-state index contributed by atoms with van der Waals surface area (Å²) in [7, 11) is 0. The zero-order valence-electron chi connectivity index (χ0n) is 8.40. The van der Waals surface area contributed by atoms with Gasteiger partial charge < -0.3 is 0 Å². The highest BCUT2D eigenvalue weighted by Crippen LogP contribution is 2.28. The van der Waals surface area contributed by atoms with Crippen molar-refractivity contribution in [2.24, 2.45) is 0 Å². The Morgan fingerprint density at radius 2 is 2.00 bits per heavy atom. The number of rotatable bonds is 3. The summed E-state index contributed by atoms with van der Waals surface area (Å²) in [4.78, 5) is 12.2. The number of halogens is 1. The standard InChI is InChI=1S/C10H8BrN3OS/c1-6(15)9-10(13-14-12-9)16-8-4-2-7(11)3-5-8/h2-5H,1H3,(H,12,13,14). The van der Waals surface area contributed by atoms with Gasteiger partial charge in [-0.05, 0) is 24.3 Å². The molecule has 4 nitrogen and oxygen atoms in total. The van der Waals surface area contributed by atoms with Crippen LogP contribution in [0.1, 0.15) is 17.4 Å². The molecule has 82 valence electrons. The fourth-order valence-electron chi connectivity index (χ4n) is 1.14. The van der Waals surface area contributed by atoms with Gasteiger partial charge >= 0.3 is 0 Å². The quantitative estimate of drug-likeness (QED) is 0.885. The molecular weight excluding hydrogens is 290 g/mol. The lowest BCUT2D eigenvalue weighted by Crippen LogP contribution is -1.94. The molecule has 1 heterocycles. The minimum Gasteiger partial charge on any atom is -0.293 e. The third kappa shape index (κ3) is 2.51. The molecule has 2 aromatic rings. The molecule has 2 rings (SSSR count). The molecule has 0 amide bonds. The first kappa shape index (κ1) is 11.3. The molecule has 0 spiro atoms. The fraction of sp³-hybridized carbons (Fsp3) is 0.100. The zero-order chi connectivity index (χ0) is 11.5. The first-order valence-electron chi connectivity index (χ1n) is 4.52. The molecule has 0 aliphatic heterocycles. The molecular formula is C10H8BrN3OS. The van der Waals surface area contributed by atoms with Crippen LogP contribution in [-0.4, -0.2) is 21.2 Å². The van der Waals surface area contributed by atoms with Gasteiger partial charge in [0.25, 0.3) is 0 Å². The van der Waals surface area contributed by atoms with E-state index in [9.17, 15) is 4.79 Å². The van der Waals surface area contributed by atoms with E-state index >= 15 is 0 Å². The van der Waals surface area contributed by atoms with Crippen molar-refractivity contribution in [2.45, 2.75) is 16.8 Å². The first-order valence-corrected chi connectivity index (χ1v) is 6.13. The largest absolute Gasteiger partial charge is 0.293 e. The van der Waals surface area contributed by atoms with Crippen LogP contribution in [0.3, 0.4) is 0 Å². The normalized spacial score (nSPS) is 10.4. The van der Waals surface area contributed by atoms with Gasteiger partial charge in [-0.3, -0.25) is 4.79 Å². The van der Waals surface area contributed by atoms with E-state index in [1.165, 1.54) is 18.7 Å². The van der Waals surface area contributed by atoms with Crippen molar-refractivity contribution in [1.29, 1.82) is 0 Å². The van der Waals surface area contributed by atoms with Crippen molar-refractivity contribution >= 4 is 33.5 Å². The highest BCUT2D eigenvalue weighted by molar-refractivity contribution is 9.10. The molecule has 0 saturated carbocycles. The maximum absolute atomic E-state index is 11.2. The number of hydrogen-bond acceptors (Lipinski definition) is 4. The lowest BCUT2D eigenvalue weighted by molar-refractivity contribution is 0.101. The van der Waals surface area contributed by atoms with Crippen LogP contribution in [0.5, 0.6) is 0 Å². The summed E-state index contributed by atoms with van der Waals surface area (Å²) >= 11 is 4.77. The molecule has 0 fully saturated rings. The summed E-state index contributed by atoms with van der Waals surface area (Å²) < 4.78 is 1.02. The number of H-pyrrole nitrogens is 1. The van der Waals surface area contributed by atoms with Gasteiger partial charge in [0.15, 0.2) is 16.5 Å². The summed E-state index contributed by atoms with van der Waals surface area (Å²) in [6.45, 7) is 1.48. The highest BCUT2D eigenvalue weighted by Gasteiger charge is 2.13. The monoisotopic (exact) mass is 297 g/mol. The van der Waals surface area contributed by atoms with Crippen LogP contribution in [0.2, 0.25) is 0 Å². The van der Waals surface area contributed by atoms with Gasteiger partial charge in [-0.2, -0.15) is 10.3 Å². The Bertz CT molecular complexity index is 509. The summed E-state index contributed by atoms with van der Waals surface area (Å²) in [6, 6.07) is 7.78. The summed E-state index contributed by atoms with van der Waals surface area (Å²) in [6.07, 6.45) is 0. The molecule has 0 unspecified atom stereocenters. The highest BCUT2D eigenvalue weighted by atomic mass is 79.9. The minimum absolute atomic E-state index is 0.0895. The molecule has 0 radical (unpaired) electrons. The van der Waals surface area contributed by atoms with Crippen LogP contribution in [-0.2, 0) is 0 Å². The molecule has 0 atom stereocenters. The van der Waals surface area contributed by atoms with Crippen molar-refractivity contribution < 1.29 is 4.79 Å². The Hall–Kier alpha value is -1.14. The van der Waals surface area contributed by atoms with Gasteiger partial charge in [-0.1, -0.05) is 27.7 Å². The average molecular weight is 298 g/mol. The van der Waals surface area contributed by atoms with Crippen molar-refractivity contribution in [3.63, 3.8) is 0 Å². The second kappa shape index (κ2) is 4.80. The third-order valence-electron chi connectivity index (χ3n) is 1.88. The lowest BCUT2D eigenvalue weighted by atomic mass is 10.3. The number of Topliss-reactive ketones (excluding diaryl/α,β-unsaturated/α-hetero) is 1. The topological polar surface area (TPSA) is 58.6 Å². The van der Waals surface area contributed by atoms with Crippen LogP contribution in [0, 0.1) is 0 Å². The van der Waals surface area contributed by atoms with Crippen LogP contribution >= 0.6 is 27.7 Å². The number of nitrogens with one attached hydrogen (secondary N) is 1. The second-order valence-corrected chi connectivity index (χ2v) is 5.07. The van der Waals surface area contributed by atoms with Gasteiger partial charge in [0, 0.05) is 16.3 Å². The minimum atomic E-state index is -0.0895. The predicted octanol–water partition coefficient (Wildman–Crippen LogP) is 2.92. The van der Waals surface area contributed by atoms with Crippen molar-refractivity contribution in [1.82, 2.24) is 15.4 Å². The van der Waals surface area contributed by atoms with E-state index in [0.29, 0.717) is 10.7 Å². The number of ketones is 1. The molecule has 1 aromatic heterocycles. The van der Waals surface area contributed by atoms with E-state index in [0.717, 1.165) is 9.37 Å². The van der Waals surface area contributed by atoms with Crippen LogP contribution in [0.4, 0.5) is 0 Å². The number of aromatic nitrogens is 3. The summed E-state index contributed by atoms with van der Waals surface area (Å²) in [5.41, 5.74) is 0.382. The average Bonchev–Trinajstić information content (AvgIpc) is 2.69. The molecule has 16 heavy (non-hydrogen) atoms. The van der Waals surface area contributed by atoms with Gasteiger partial charge in [0.1, 0.15) is 0 Å². The smallest absolute Gasteiger partial charge is 0.182 e. The van der Waals surface area contributed by atoms with E-state index in [4.69, 9.17) is 0 Å². The molecule has 0 bridgehead atoms. The molecule has 0 aliphatic carbocycles. The van der Waals surface area contributed by atoms with Gasteiger partial charge in [0.2, 0.25) is 0 Å². The number of benzene rings is 1. The third-order valence-corrected chi connectivity index (χ3v) is 3.39. The van der Waals surface area contributed by atoms with E-state index in [1.807, 2.05) is 24.3 Å². The zero-order valence-corrected chi connectivity index (χ0v) is 10.8. The van der Waals surface area contributed by atoms with Crippen molar-refractivity contribution in [3.8, 4) is 0 Å². The maximum Gasteiger partial charge on any atom is 0.182 e. The van der Waals surface area contributed by atoms with Crippen LogP contribution in [0.15, 0.2) is 38.7 Å². The van der Waals surface area contributed by atoms with Crippen LogP contribution < -0.4 is 0 Å². The number of hydrogen-bond donors (Lipinski definition) is 1. The fourth-order valence-corrected chi connectivity index (χ4v) is 2.27.